The van der Waals surface area contributed by atoms with Crippen molar-refractivity contribution in [3.8, 4) is 28.4 Å². The summed E-state index contributed by atoms with van der Waals surface area (Å²) in [5.74, 6) is 1.94. The maximum atomic E-state index is 12.5. The van der Waals surface area contributed by atoms with Crippen molar-refractivity contribution in [2.45, 2.75) is 13.3 Å². The van der Waals surface area contributed by atoms with Gasteiger partial charge in [-0.25, -0.2) is 0 Å². The van der Waals surface area contributed by atoms with Crippen LogP contribution in [0.3, 0.4) is 0 Å². The lowest BCUT2D eigenvalue weighted by molar-refractivity contribution is 0.0947. The van der Waals surface area contributed by atoms with Gasteiger partial charge in [0, 0.05) is 11.5 Å². The molecular weight excluding hydrogens is 292 g/mol. The van der Waals surface area contributed by atoms with Gasteiger partial charge in [0.15, 0.2) is 17.3 Å². The van der Waals surface area contributed by atoms with E-state index in [1.165, 1.54) is 0 Å². The molecule has 0 bridgehead atoms. The van der Waals surface area contributed by atoms with Crippen LogP contribution >= 0.6 is 0 Å². The molecule has 23 heavy (non-hydrogen) atoms. The minimum absolute atomic E-state index is 0.0354. The van der Waals surface area contributed by atoms with Crippen LogP contribution in [0.1, 0.15) is 22.8 Å². The fourth-order valence-corrected chi connectivity index (χ4v) is 3.21. The van der Waals surface area contributed by atoms with Crippen molar-refractivity contribution in [3.05, 3.63) is 41.5 Å². The summed E-state index contributed by atoms with van der Waals surface area (Å²) in [5.41, 5.74) is 3.72. The number of methoxy groups -OCH3 is 3. The maximum Gasteiger partial charge on any atom is 0.203 e. The van der Waals surface area contributed by atoms with Gasteiger partial charge in [0.1, 0.15) is 0 Å². The van der Waals surface area contributed by atoms with E-state index >= 15 is 0 Å². The molecule has 4 heteroatoms. The predicted molar refractivity (Wildman–Crippen MR) is 88.7 cm³/mol. The average molecular weight is 312 g/mol. The first-order chi connectivity index (χ1) is 11.1. The van der Waals surface area contributed by atoms with Gasteiger partial charge >= 0.3 is 0 Å². The Balaban J connectivity index is 2.22. The van der Waals surface area contributed by atoms with E-state index in [1.807, 2.05) is 37.3 Å². The van der Waals surface area contributed by atoms with Gasteiger partial charge in [-0.05, 0) is 35.2 Å². The van der Waals surface area contributed by atoms with Gasteiger partial charge in [-0.2, -0.15) is 0 Å². The van der Waals surface area contributed by atoms with Gasteiger partial charge in [0.05, 0.1) is 21.3 Å². The van der Waals surface area contributed by atoms with Crippen molar-refractivity contribution < 1.29 is 19.0 Å². The number of Topliss-reactive ketones (excluding diaryl/α,β-unsaturated/α-hetero) is 1. The van der Waals surface area contributed by atoms with E-state index in [0.29, 0.717) is 17.2 Å². The van der Waals surface area contributed by atoms with Crippen molar-refractivity contribution in [3.63, 3.8) is 0 Å². The lowest BCUT2D eigenvalue weighted by Crippen LogP contribution is -2.04. The minimum Gasteiger partial charge on any atom is -0.493 e. The third kappa shape index (κ3) is 2.44. The van der Waals surface area contributed by atoms with Crippen LogP contribution < -0.4 is 14.2 Å². The molecule has 0 fully saturated rings. The summed E-state index contributed by atoms with van der Waals surface area (Å²) in [5, 5.41) is 0. The van der Waals surface area contributed by atoms with Crippen LogP contribution in [0.15, 0.2) is 30.3 Å². The molecule has 4 nitrogen and oxygen atoms in total. The number of hydrogen-bond donors (Lipinski definition) is 0. The molecule has 0 heterocycles. The molecule has 2 aromatic rings. The van der Waals surface area contributed by atoms with Crippen LogP contribution in [0.2, 0.25) is 0 Å². The lowest BCUT2D eigenvalue weighted by atomic mass is 9.95. The van der Waals surface area contributed by atoms with E-state index in [4.69, 9.17) is 14.2 Å². The molecule has 1 aliphatic carbocycles. The fraction of sp³-hybridized carbons (Fsp3) is 0.316. The molecule has 0 saturated carbocycles. The van der Waals surface area contributed by atoms with E-state index in [0.717, 1.165) is 28.7 Å². The standard InChI is InChI=1S/C19H20O4/c1-11-8-12-6-5-7-14(17(12)18(11)20)13-9-15(21-2)19(23-4)16(10-13)22-3/h5-7,9-11H,8H2,1-4H3. The molecule has 120 valence electrons. The van der Waals surface area contributed by atoms with Gasteiger partial charge in [0.2, 0.25) is 5.75 Å². The molecule has 1 unspecified atom stereocenters. The van der Waals surface area contributed by atoms with Crippen LogP contribution in [-0.4, -0.2) is 27.1 Å². The molecule has 0 saturated heterocycles. The lowest BCUT2D eigenvalue weighted by Gasteiger charge is -2.15. The smallest absolute Gasteiger partial charge is 0.203 e. The number of benzene rings is 2. The molecule has 0 N–H and O–H groups in total. The van der Waals surface area contributed by atoms with E-state index < -0.39 is 0 Å². The van der Waals surface area contributed by atoms with Crippen LogP contribution in [0.25, 0.3) is 11.1 Å². The van der Waals surface area contributed by atoms with E-state index in [-0.39, 0.29) is 11.7 Å². The Morgan fingerprint density at radius 3 is 2.22 bits per heavy atom. The Morgan fingerprint density at radius 2 is 1.65 bits per heavy atom. The van der Waals surface area contributed by atoms with Gasteiger partial charge in [0.25, 0.3) is 0 Å². The largest absolute Gasteiger partial charge is 0.493 e. The summed E-state index contributed by atoms with van der Waals surface area (Å²) in [6.45, 7) is 1.97. The van der Waals surface area contributed by atoms with E-state index in [2.05, 4.69) is 0 Å². The first kappa shape index (κ1) is 15.4. The molecule has 1 aliphatic rings. The third-order valence-corrected chi connectivity index (χ3v) is 4.35. The molecule has 0 aliphatic heterocycles. The zero-order valence-electron chi connectivity index (χ0n) is 13.8. The first-order valence-electron chi connectivity index (χ1n) is 7.57. The number of carbonyl (C=O) groups is 1. The third-order valence-electron chi connectivity index (χ3n) is 4.35. The van der Waals surface area contributed by atoms with Crippen molar-refractivity contribution in [2.75, 3.05) is 21.3 Å². The van der Waals surface area contributed by atoms with Crippen LogP contribution in [-0.2, 0) is 6.42 Å². The number of carbonyl (C=O) groups excluding carboxylic acids is 1. The normalized spacial score (nSPS) is 16.2. The number of ether oxygens (including phenoxy) is 3. The van der Waals surface area contributed by atoms with Gasteiger partial charge < -0.3 is 14.2 Å². The molecule has 0 aromatic heterocycles. The monoisotopic (exact) mass is 312 g/mol. The van der Waals surface area contributed by atoms with Crippen LogP contribution in [0.5, 0.6) is 17.2 Å². The number of rotatable bonds is 4. The summed E-state index contributed by atoms with van der Waals surface area (Å²) in [6.07, 6.45) is 0.798. The van der Waals surface area contributed by atoms with Crippen LogP contribution in [0.4, 0.5) is 0 Å². The summed E-state index contributed by atoms with van der Waals surface area (Å²) >= 11 is 0. The Morgan fingerprint density at radius 1 is 1.00 bits per heavy atom. The minimum atomic E-state index is 0.0354. The first-order valence-corrected chi connectivity index (χ1v) is 7.57. The SMILES string of the molecule is COc1cc(-c2cccc3c2C(=O)C(C)C3)cc(OC)c1OC. The van der Waals surface area contributed by atoms with Gasteiger partial charge in [-0.1, -0.05) is 25.1 Å². The highest BCUT2D eigenvalue weighted by atomic mass is 16.5. The highest BCUT2D eigenvalue weighted by Gasteiger charge is 2.30. The van der Waals surface area contributed by atoms with E-state index in [9.17, 15) is 4.79 Å². The van der Waals surface area contributed by atoms with Crippen molar-refractivity contribution in [2.24, 2.45) is 5.92 Å². The fourth-order valence-electron chi connectivity index (χ4n) is 3.21. The molecule has 0 spiro atoms. The Labute approximate surface area is 136 Å². The summed E-state index contributed by atoms with van der Waals surface area (Å²) in [4.78, 5) is 12.5. The maximum absolute atomic E-state index is 12.5. The predicted octanol–water partition coefficient (Wildman–Crippen LogP) is 3.75. The van der Waals surface area contributed by atoms with Crippen LogP contribution in [0, 0.1) is 5.92 Å². The summed E-state index contributed by atoms with van der Waals surface area (Å²) in [7, 11) is 4.75. The topological polar surface area (TPSA) is 44.8 Å². The Kier molecular flexibility index (Phi) is 3.99. The van der Waals surface area contributed by atoms with Crippen molar-refractivity contribution in [1.82, 2.24) is 0 Å². The zero-order chi connectivity index (χ0) is 16.6. The number of hydrogen-bond acceptors (Lipinski definition) is 4. The van der Waals surface area contributed by atoms with Crippen molar-refractivity contribution >= 4 is 5.78 Å². The average Bonchev–Trinajstić information content (AvgIpc) is 2.88. The second-order valence-corrected chi connectivity index (χ2v) is 5.72. The molecule has 1 atom stereocenters. The quantitative estimate of drug-likeness (QED) is 0.862. The number of ketones is 1. The van der Waals surface area contributed by atoms with Gasteiger partial charge in [-0.3, -0.25) is 4.79 Å². The molecule has 2 aromatic carbocycles. The number of fused-ring (bicyclic) bond motifs is 1. The molecular formula is C19H20O4. The summed E-state index contributed by atoms with van der Waals surface area (Å²) < 4.78 is 16.2. The zero-order valence-corrected chi connectivity index (χ0v) is 13.8. The van der Waals surface area contributed by atoms with E-state index in [1.54, 1.807) is 21.3 Å². The summed E-state index contributed by atoms with van der Waals surface area (Å²) in [6, 6.07) is 9.75. The van der Waals surface area contributed by atoms with Gasteiger partial charge in [-0.15, -0.1) is 0 Å². The second-order valence-electron chi connectivity index (χ2n) is 5.72. The highest BCUT2D eigenvalue weighted by molar-refractivity contribution is 6.07. The Hall–Kier alpha value is -2.49. The van der Waals surface area contributed by atoms with Crippen molar-refractivity contribution in [1.29, 1.82) is 0 Å². The highest BCUT2D eigenvalue weighted by Crippen LogP contribution is 2.43. The Bertz CT molecular complexity index is 739. The molecule has 3 rings (SSSR count). The molecule has 0 radical (unpaired) electrons. The second kappa shape index (κ2) is 5.95. The molecule has 0 amide bonds.